The Balaban J connectivity index is 1.64. The number of nitrogens with one attached hydrogen (secondary N) is 1. The van der Waals surface area contributed by atoms with Crippen LogP contribution in [0, 0.1) is 0 Å². The first kappa shape index (κ1) is 18.0. The number of carboxylic acid groups (broad SMARTS) is 1. The zero-order chi connectivity index (χ0) is 17.8. The Kier molecular flexibility index (Phi) is 5.78. The van der Waals surface area contributed by atoms with Gasteiger partial charge in [0.25, 0.3) is 0 Å². The van der Waals surface area contributed by atoms with Crippen molar-refractivity contribution in [2.45, 2.75) is 31.9 Å². The van der Waals surface area contributed by atoms with Gasteiger partial charge in [-0.1, -0.05) is 48.6 Å². The number of rotatable bonds is 7. The van der Waals surface area contributed by atoms with Crippen LogP contribution in [0.2, 0.25) is 0 Å². The van der Waals surface area contributed by atoms with Crippen molar-refractivity contribution >= 4 is 51.2 Å². The van der Waals surface area contributed by atoms with Crippen LogP contribution in [0.3, 0.4) is 0 Å². The summed E-state index contributed by atoms with van der Waals surface area (Å²) >= 11 is 6.81. The normalized spacial score (nSPS) is 19.2. The van der Waals surface area contributed by atoms with E-state index in [-0.39, 0.29) is 6.42 Å². The Bertz CT molecular complexity index is 816. The van der Waals surface area contributed by atoms with E-state index < -0.39 is 12.2 Å². The predicted octanol–water partition coefficient (Wildman–Crippen LogP) is 3.81. The van der Waals surface area contributed by atoms with Crippen molar-refractivity contribution in [2.24, 2.45) is 0 Å². The molecule has 1 aromatic carbocycles. The van der Waals surface area contributed by atoms with E-state index in [2.05, 4.69) is 4.98 Å². The van der Waals surface area contributed by atoms with Crippen LogP contribution in [0.25, 0.3) is 17.0 Å². The van der Waals surface area contributed by atoms with Crippen LogP contribution in [0.15, 0.2) is 35.4 Å². The van der Waals surface area contributed by atoms with Crippen LogP contribution in [0.1, 0.15) is 31.2 Å². The molecule has 0 aliphatic carbocycles. The molecule has 0 radical (unpaired) electrons. The second kappa shape index (κ2) is 8.03. The fourth-order valence-electron chi connectivity index (χ4n) is 2.88. The summed E-state index contributed by atoms with van der Waals surface area (Å²) in [5.41, 5.74) is 2.09. The van der Waals surface area contributed by atoms with Gasteiger partial charge in [-0.05, 0) is 25.0 Å². The zero-order valence-corrected chi connectivity index (χ0v) is 15.3. The summed E-state index contributed by atoms with van der Waals surface area (Å²) < 4.78 is 0.664. The van der Waals surface area contributed by atoms with Gasteiger partial charge in [0.2, 0.25) is 0 Å². The number of aromatic nitrogens is 1. The minimum atomic E-state index is -0.767. The number of carbonyl (C=O) groups is 1. The number of aliphatic carboxylic acids is 1. The smallest absolute Gasteiger partial charge is 0.303 e. The number of unbranched alkanes of at least 4 members (excludes halogenated alkanes) is 2. The van der Waals surface area contributed by atoms with Crippen LogP contribution in [-0.4, -0.2) is 43.2 Å². The lowest BCUT2D eigenvalue weighted by Crippen LogP contribution is -2.33. The molecule has 0 spiro atoms. The molecule has 1 fully saturated rings. The highest BCUT2D eigenvalue weighted by atomic mass is 32.2. The number of hydrogen-bond donors (Lipinski definition) is 3. The molecule has 2 heterocycles. The Morgan fingerprint density at radius 1 is 1.32 bits per heavy atom. The number of H-pyrrole nitrogens is 1. The maximum Gasteiger partial charge on any atom is 0.303 e. The fraction of sp³-hybridized carbons (Fsp3) is 0.333. The van der Waals surface area contributed by atoms with Crippen LogP contribution in [0.4, 0.5) is 0 Å². The Labute approximate surface area is 155 Å². The van der Waals surface area contributed by atoms with Crippen molar-refractivity contribution in [2.75, 3.05) is 6.54 Å². The number of aliphatic hydroxyl groups is 1. The van der Waals surface area contributed by atoms with Gasteiger partial charge in [0, 0.05) is 40.5 Å². The highest BCUT2D eigenvalue weighted by molar-refractivity contribution is 8.25. The molecule has 0 bridgehead atoms. The zero-order valence-electron chi connectivity index (χ0n) is 13.6. The molecule has 25 heavy (non-hydrogen) atoms. The highest BCUT2D eigenvalue weighted by Crippen LogP contribution is 2.36. The number of thioether (sulfide) groups is 1. The third-order valence-electron chi connectivity index (χ3n) is 4.20. The Hall–Kier alpha value is -1.83. The van der Waals surface area contributed by atoms with E-state index in [0.717, 1.165) is 34.2 Å². The molecule has 7 heteroatoms. The Morgan fingerprint density at radius 3 is 2.92 bits per heavy atom. The summed E-state index contributed by atoms with van der Waals surface area (Å²) in [5.74, 6) is -0.767. The standard InChI is InChI=1S/C18H20N2O3S2/c21-16(22)8-2-1-5-9-20-17(23)15(25-18(20)24)10-12-11-19-14-7-4-3-6-13(12)14/h3-4,6-7,10-11,17,19,23H,1-2,5,8-9H2,(H,21,22)/b15-10-. The first-order valence-corrected chi connectivity index (χ1v) is 9.45. The molecule has 1 aliphatic heterocycles. The number of carboxylic acids is 1. The van der Waals surface area contributed by atoms with Gasteiger partial charge >= 0.3 is 5.97 Å². The number of aromatic amines is 1. The third-order valence-corrected chi connectivity index (χ3v) is 5.66. The molecule has 0 amide bonds. The van der Waals surface area contributed by atoms with Gasteiger partial charge in [0.15, 0.2) is 6.23 Å². The Morgan fingerprint density at radius 2 is 2.12 bits per heavy atom. The predicted molar refractivity (Wildman–Crippen MR) is 105 cm³/mol. The molecule has 2 aromatic rings. The van der Waals surface area contributed by atoms with Gasteiger partial charge in [-0.15, -0.1) is 0 Å². The van der Waals surface area contributed by atoms with Crippen LogP contribution >= 0.6 is 24.0 Å². The summed E-state index contributed by atoms with van der Waals surface area (Å²) in [6, 6.07) is 8.03. The molecule has 1 unspecified atom stereocenters. The highest BCUT2D eigenvalue weighted by Gasteiger charge is 2.31. The van der Waals surface area contributed by atoms with E-state index in [1.54, 1.807) is 4.90 Å². The van der Waals surface area contributed by atoms with Gasteiger partial charge < -0.3 is 20.1 Å². The van der Waals surface area contributed by atoms with E-state index in [0.29, 0.717) is 17.3 Å². The van der Waals surface area contributed by atoms with Crippen LogP contribution in [-0.2, 0) is 4.79 Å². The monoisotopic (exact) mass is 376 g/mol. The van der Waals surface area contributed by atoms with Crippen molar-refractivity contribution in [3.8, 4) is 0 Å². The molecule has 1 aromatic heterocycles. The van der Waals surface area contributed by atoms with E-state index in [1.807, 2.05) is 36.5 Å². The van der Waals surface area contributed by atoms with Crippen molar-refractivity contribution in [1.82, 2.24) is 9.88 Å². The average Bonchev–Trinajstić information content (AvgIpc) is 3.10. The minimum absolute atomic E-state index is 0.188. The number of hydrogen-bond acceptors (Lipinski definition) is 4. The molecular weight excluding hydrogens is 356 g/mol. The summed E-state index contributed by atoms with van der Waals surface area (Å²) in [5, 5.41) is 20.3. The van der Waals surface area contributed by atoms with E-state index >= 15 is 0 Å². The molecule has 1 atom stereocenters. The molecule has 132 valence electrons. The van der Waals surface area contributed by atoms with Crippen molar-refractivity contribution in [1.29, 1.82) is 0 Å². The SMILES string of the molecule is O=C(O)CCCCCN1C(=S)S/C(=C\c2c[nH]c3ccccc23)C1O. The lowest BCUT2D eigenvalue weighted by atomic mass is 10.1. The van der Waals surface area contributed by atoms with Crippen molar-refractivity contribution < 1.29 is 15.0 Å². The molecular formula is C18H20N2O3S2. The topological polar surface area (TPSA) is 76.6 Å². The maximum atomic E-state index is 10.6. The summed E-state index contributed by atoms with van der Waals surface area (Å²) in [6.07, 6.45) is 5.64. The second-order valence-corrected chi connectivity index (χ2v) is 7.68. The van der Waals surface area contributed by atoms with Gasteiger partial charge in [-0.25, -0.2) is 0 Å². The van der Waals surface area contributed by atoms with Crippen LogP contribution in [0.5, 0.6) is 0 Å². The fourth-order valence-corrected chi connectivity index (χ4v) is 4.29. The summed E-state index contributed by atoms with van der Waals surface area (Å²) in [7, 11) is 0. The minimum Gasteiger partial charge on any atom is -0.481 e. The molecule has 3 rings (SSSR count). The molecule has 1 saturated heterocycles. The van der Waals surface area contributed by atoms with Gasteiger partial charge in [0.05, 0.1) is 0 Å². The van der Waals surface area contributed by atoms with E-state index in [4.69, 9.17) is 17.3 Å². The maximum absolute atomic E-state index is 10.6. The summed E-state index contributed by atoms with van der Waals surface area (Å²) in [4.78, 5) is 16.4. The van der Waals surface area contributed by atoms with Gasteiger partial charge in [0.1, 0.15) is 4.32 Å². The number of benzene rings is 1. The quantitative estimate of drug-likeness (QED) is 0.504. The number of thiocarbonyl (C=S) groups is 1. The lowest BCUT2D eigenvalue weighted by Gasteiger charge is -2.21. The number of para-hydroxylation sites is 1. The second-order valence-electron chi connectivity index (χ2n) is 5.98. The number of nitrogens with zero attached hydrogens (tertiary/aromatic N) is 1. The average molecular weight is 377 g/mol. The van der Waals surface area contributed by atoms with Gasteiger partial charge in [-0.2, -0.15) is 0 Å². The first-order chi connectivity index (χ1) is 12.1. The molecule has 5 nitrogen and oxygen atoms in total. The largest absolute Gasteiger partial charge is 0.481 e. The summed E-state index contributed by atoms with van der Waals surface area (Å²) in [6.45, 7) is 0.637. The lowest BCUT2D eigenvalue weighted by molar-refractivity contribution is -0.137. The van der Waals surface area contributed by atoms with E-state index in [9.17, 15) is 9.90 Å². The van der Waals surface area contributed by atoms with Gasteiger partial charge in [-0.3, -0.25) is 4.79 Å². The van der Waals surface area contributed by atoms with Crippen molar-refractivity contribution in [3.05, 3.63) is 40.9 Å². The number of fused-ring (bicyclic) bond motifs is 1. The van der Waals surface area contributed by atoms with Crippen LogP contribution < -0.4 is 0 Å². The molecule has 3 N–H and O–H groups in total. The third kappa shape index (κ3) is 4.23. The van der Waals surface area contributed by atoms with E-state index in [1.165, 1.54) is 11.8 Å². The first-order valence-electron chi connectivity index (χ1n) is 8.22. The number of aliphatic hydroxyl groups excluding tert-OH is 1. The van der Waals surface area contributed by atoms with Crippen molar-refractivity contribution in [3.63, 3.8) is 0 Å². The molecule has 1 aliphatic rings. The molecule has 0 saturated carbocycles.